The molecule has 2 rings (SSSR count). The van der Waals surface area contributed by atoms with E-state index in [0.717, 1.165) is 17.1 Å². The van der Waals surface area contributed by atoms with Crippen molar-refractivity contribution in [2.24, 2.45) is 0 Å². The lowest BCUT2D eigenvalue weighted by Crippen LogP contribution is -1.98. The van der Waals surface area contributed by atoms with Crippen LogP contribution in [0, 0.1) is 0 Å². The molecule has 2 aromatic rings. The Morgan fingerprint density at radius 1 is 1.29 bits per heavy atom. The molecular weight excluding hydrogens is 214 g/mol. The second-order valence-corrected chi connectivity index (χ2v) is 3.52. The van der Waals surface area contributed by atoms with E-state index in [1.165, 1.54) is 0 Å². The van der Waals surface area contributed by atoms with Gasteiger partial charge in [-0.25, -0.2) is 4.98 Å². The summed E-state index contributed by atoms with van der Waals surface area (Å²) in [4.78, 5) is 4.02. The maximum Gasteiger partial charge on any atom is 0.147 e. The maximum atomic E-state index is 5.76. The molecule has 0 unspecified atom stereocenters. The molecule has 0 aliphatic heterocycles. The fourth-order valence-electron chi connectivity index (χ4n) is 1.51. The highest BCUT2D eigenvalue weighted by atomic mass is 16.5. The van der Waals surface area contributed by atoms with Crippen molar-refractivity contribution in [3.8, 4) is 5.75 Å². The van der Waals surface area contributed by atoms with Crippen LogP contribution in [0.25, 0.3) is 0 Å². The normalized spacial score (nSPS) is 9.94. The predicted octanol–water partition coefficient (Wildman–Crippen LogP) is 2.81. The molecule has 88 valence electrons. The second kappa shape index (κ2) is 5.21. The minimum atomic E-state index is 0.481. The van der Waals surface area contributed by atoms with Gasteiger partial charge in [-0.2, -0.15) is 0 Å². The van der Waals surface area contributed by atoms with Gasteiger partial charge >= 0.3 is 0 Å². The summed E-state index contributed by atoms with van der Waals surface area (Å²) in [6.07, 6.45) is 1.66. The number of rotatable bonds is 4. The third kappa shape index (κ3) is 2.87. The standard InChI is InChI=1S/C13H15N3O/c1-2-17-11-6-3-5-10(9-11)16-12-7-4-8-15-13(12)14/h3-9,16H,2H2,1H3,(H2,14,15). The van der Waals surface area contributed by atoms with E-state index >= 15 is 0 Å². The Morgan fingerprint density at radius 2 is 2.18 bits per heavy atom. The van der Waals surface area contributed by atoms with Crippen LogP contribution in [0.3, 0.4) is 0 Å². The van der Waals surface area contributed by atoms with E-state index in [1.54, 1.807) is 6.20 Å². The summed E-state index contributed by atoms with van der Waals surface area (Å²) in [5.41, 5.74) is 7.48. The number of aromatic nitrogens is 1. The summed E-state index contributed by atoms with van der Waals surface area (Å²) >= 11 is 0. The Labute approximate surface area is 100 Å². The van der Waals surface area contributed by atoms with E-state index in [0.29, 0.717) is 12.4 Å². The van der Waals surface area contributed by atoms with Gasteiger partial charge in [0.25, 0.3) is 0 Å². The molecule has 0 saturated carbocycles. The third-order valence-corrected chi connectivity index (χ3v) is 2.26. The summed E-state index contributed by atoms with van der Waals surface area (Å²) in [7, 11) is 0. The number of anilines is 3. The molecule has 0 saturated heterocycles. The van der Waals surface area contributed by atoms with E-state index in [2.05, 4.69) is 10.3 Å². The molecule has 1 aromatic heterocycles. The molecule has 17 heavy (non-hydrogen) atoms. The summed E-state index contributed by atoms with van der Waals surface area (Å²) in [6, 6.07) is 11.5. The highest BCUT2D eigenvalue weighted by Gasteiger charge is 2.00. The van der Waals surface area contributed by atoms with Crippen LogP contribution in [-0.2, 0) is 0 Å². The van der Waals surface area contributed by atoms with Crippen LogP contribution in [0.5, 0.6) is 5.75 Å². The lowest BCUT2D eigenvalue weighted by molar-refractivity contribution is 0.340. The van der Waals surface area contributed by atoms with Crippen LogP contribution in [0.2, 0.25) is 0 Å². The maximum absolute atomic E-state index is 5.76. The Morgan fingerprint density at radius 3 is 2.94 bits per heavy atom. The minimum Gasteiger partial charge on any atom is -0.494 e. The topological polar surface area (TPSA) is 60.2 Å². The van der Waals surface area contributed by atoms with Crippen molar-refractivity contribution in [1.29, 1.82) is 0 Å². The molecule has 0 fully saturated rings. The monoisotopic (exact) mass is 229 g/mol. The molecule has 0 aliphatic carbocycles. The Hall–Kier alpha value is -2.23. The van der Waals surface area contributed by atoms with Crippen LogP contribution in [0.1, 0.15) is 6.92 Å². The molecule has 3 N–H and O–H groups in total. The van der Waals surface area contributed by atoms with Crippen LogP contribution in [0.15, 0.2) is 42.6 Å². The first-order valence-electron chi connectivity index (χ1n) is 5.50. The molecule has 0 bridgehead atoms. The molecule has 4 nitrogen and oxygen atoms in total. The van der Waals surface area contributed by atoms with E-state index in [1.807, 2.05) is 43.3 Å². The van der Waals surface area contributed by atoms with Gasteiger partial charge in [-0.15, -0.1) is 0 Å². The zero-order chi connectivity index (χ0) is 12.1. The highest BCUT2D eigenvalue weighted by Crippen LogP contribution is 2.23. The molecular formula is C13H15N3O. The smallest absolute Gasteiger partial charge is 0.147 e. The molecule has 0 radical (unpaired) electrons. The van der Waals surface area contributed by atoms with E-state index in [-0.39, 0.29) is 0 Å². The number of nitrogens with zero attached hydrogens (tertiary/aromatic N) is 1. The minimum absolute atomic E-state index is 0.481. The summed E-state index contributed by atoms with van der Waals surface area (Å²) in [5.74, 6) is 1.31. The van der Waals surface area contributed by atoms with Crippen LogP contribution < -0.4 is 15.8 Å². The first-order chi connectivity index (χ1) is 8.29. The quantitative estimate of drug-likeness (QED) is 0.846. The summed E-state index contributed by atoms with van der Waals surface area (Å²) < 4.78 is 5.43. The van der Waals surface area contributed by atoms with Gasteiger partial charge in [0.1, 0.15) is 11.6 Å². The second-order valence-electron chi connectivity index (χ2n) is 3.52. The first-order valence-corrected chi connectivity index (χ1v) is 5.50. The molecule has 0 spiro atoms. The van der Waals surface area contributed by atoms with Crippen LogP contribution in [0.4, 0.5) is 17.2 Å². The number of benzene rings is 1. The number of nitrogens with one attached hydrogen (secondary N) is 1. The molecule has 0 amide bonds. The van der Waals surface area contributed by atoms with Gasteiger partial charge in [0, 0.05) is 18.0 Å². The van der Waals surface area contributed by atoms with Crippen molar-refractivity contribution in [3.63, 3.8) is 0 Å². The van der Waals surface area contributed by atoms with Gasteiger partial charge < -0.3 is 15.8 Å². The van der Waals surface area contributed by atoms with Gasteiger partial charge in [0.15, 0.2) is 0 Å². The zero-order valence-corrected chi connectivity index (χ0v) is 9.68. The molecule has 1 heterocycles. The number of nitrogens with two attached hydrogens (primary N) is 1. The van der Waals surface area contributed by atoms with Crippen LogP contribution >= 0.6 is 0 Å². The Kier molecular flexibility index (Phi) is 3.45. The van der Waals surface area contributed by atoms with Gasteiger partial charge in [0.05, 0.1) is 12.3 Å². The first kappa shape index (κ1) is 11.3. The van der Waals surface area contributed by atoms with Crippen molar-refractivity contribution in [2.45, 2.75) is 6.92 Å². The highest BCUT2D eigenvalue weighted by molar-refractivity contribution is 5.69. The zero-order valence-electron chi connectivity index (χ0n) is 9.68. The lowest BCUT2D eigenvalue weighted by atomic mass is 10.3. The SMILES string of the molecule is CCOc1cccc(Nc2cccnc2N)c1. The third-order valence-electron chi connectivity index (χ3n) is 2.26. The summed E-state index contributed by atoms with van der Waals surface area (Å²) in [6.45, 7) is 2.61. The Balaban J connectivity index is 2.18. The van der Waals surface area contributed by atoms with Gasteiger partial charge in [0.2, 0.25) is 0 Å². The lowest BCUT2D eigenvalue weighted by Gasteiger charge is -2.09. The predicted molar refractivity (Wildman–Crippen MR) is 69.5 cm³/mol. The van der Waals surface area contributed by atoms with Gasteiger partial charge in [-0.3, -0.25) is 0 Å². The van der Waals surface area contributed by atoms with Crippen molar-refractivity contribution < 1.29 is 4.74 Å². The fourth-order valence-corrected chi connectivity index (χ4v) is 1.51. The molecule has 4 heteroatoms. The molecule has 1 aromatic carbocycles. The van der Waals surface area contributed by atoms with Crippen molar-refractivity contribution in [3.05, 3.63) is 42.6 Å². The average molecular weight is 229 g/mol. The van der Waals surface area contributed by atoms with Crippen molar-refractivity contribution in [1.82, 2.24) is 4.98 Å². The van der Waals surface area contributed by atoms with Crippen molar-refractivity contribution in [2.75, 3.05) is 17.7 Å². The molecule has 0 atom stereocenters. The van der Waals surface area contributed by atoms with E-state index in [4.69, 9.17) is 10.5 Å². The van der Waals surface area contributed by atoms with E-state index in [9.17, 15) is 0 Å². The van der Waals surface area contributed by atoms with Crippen LogP contribution in [-0.4, -0.2) is 11.6 Å². The van der Waals surface area contributed by atoms with Crippen molar-refractivity contribution >= 4 is 17.2 Å². The molecule has 0 aliphatic rings. The number of nitrogen functional groups attached to an aromatic ring is 1. The summed E-state index contributed by atoms with van der Waals surface area (Å²) in [5, 5.41) is 3.20. The number of pyridine rings is 1. The van der Waals surface area contributed by atoms with Gasteiger partial charge in [-0.05, 0) is 31.2 Å². The number of ether oxygens (including phenoxy) is 1. The average Bonchev–Trinajstić information content (AvgIpc) is 2.33. The van der Waals surface area contributed by atoms with Gasteiger partial charge in [-0.1, -0.05) is 6.07 Å². The number of hydrogen-bond acceptors (Lipinski definition) is 4. The number of hydrogen-bond donors (Lipinski definition) is 2. The Bertz CT molecular complexity index is 500. The van der Waals surface area contributed by atoms with E-state index < -0.39 is 0 Å². The fraction of sp³-hybridized carbons (Fsp3) is 0.154. The largest absolute Gasteiger partial charge is 0.494 e.